The zero-order chi connectivity index (χ0) is 13.5. The van der Waals surface area contributed by atoms with Crippen molar-refractivity contribution in [1.29, 1.82) is 0 Å². The fraction of sp³-hybridized carbons (Fsp3) is 0.231. The fourth-order valence-corrected chi connectivity index (χ4v) is 1.55. The zero-order valence-corrected chi connectivity index (χ0v) is 10.6. The van der Waals surface area contributed by atoms with Crippen LogP contribution in [0.15, 0.2) is 36.7 Å². The number of anilines is 1. The molecule has 2 N–H and O–H groups in total. The van der Waals surface area contributed by atoms with Crippen molar-refractivity contribution in [3.05, 3.63) is 47.9 Å². The molecule has 1 amide bonds. The molecule has 0 saturated heterocycles. The number of rotatable bonds is 5. The van der Waals surface area contributed by atoms with Gasteiger partial charge in [0.15, 0.2) is 5.69 Å². The van der Waals surface area contributed by atoms with Crippen LogP contribution in [-0.4, -0.2) is 34.7 Å². The lowest BCUT2D eigenvalue weighted by molar-refractivity contribution is 0.0948. The van der Waals surface area contributed by atoms with Gasteiger partial charge in [0.2, 0.25) is 0 Å². The highest BCUT2D eigenvalue weighted by molar-refractivity contribution is 5.92. The lowest BCUT2D eigenvalue weighted by Gasteiger charge is -2.04. The molecule has 2 aromatic heterocycles. The van der Waals surface area contributed by atoms with Crippen LogP contribution in [0.3, 0.4) is 0 Å². The average molecular weight is 257 g/mol. The number of nitrogens with zero attached hydrogens (tertiary/aromatic N) is 3. The molecule has 0 atom stereocenters. The summed E-state index contributed by atoms with van der Waals surface area (Å²) in [4.78, 5) is 15.7. The third kappa shape index (κ3) is 3.74. The van der Waals surface area contributed by atoms with Crippen LogP contribution in [0.1, 0.15) is 16.1 Å². The predicted molar refractivity (Wildman–Crippen MR) is 71.9 cm³/mol. The van der Waals surface area contributed by atoms with E-state index in [9.17, 15) is 4.79 Å². The summed E-state index contributed by atoms with van der Waals surface area (Å²) >= 11 is 0. The molecular weight excluding hydrogens is 242 g/mol. The molecule has 0 fully saturated rings. The Bertz CT molecular complexity index is 526. The normalized spacial score (nSPS) is 9.95. The SMILES string of the molecule is CNc1ccc(C(=O)NCCc2ccncc2)nn1. The van der Waals surface area contributed by atoms with Gasteiger partial charge in [-0.1, -0.05) is 0 Å². The van der Waals surface area contributed by atoms with E-state index in [1.54, 1.807) is 31.6 Å². The molecule has 0 saturated carbocycles. The van der Waals surface area contributed by atoms with Gasteiger partial charge in [-0.25, -0.2) is 0 Å². The predicted octanol–water partition coefficient (Wildman–Crippen LogP) is 0.886. The lowest BCUT2D eigenvalue weighted by Crippen LogP contribution is -2.26. The van der Waals surface area contributed by atoms with Crippen LogP contribution in [0.25, 0.3) is 0 Å². The van der Waals surface area contributed by atoms with Crippen LogP contribution in [0.4, 0.5) is 5.82 Å². The molecule has 98 valence electrons. The van der Waals surface area contributed by atoms with Gasteiger partial charge in [-0.05, 0) is 36.2 Å². The van der Waals surface area contributed by atoms with E-state index in [2.05, 4.69) is 25.8 Å². The number of pyridine rings is 1. The minimum absolute atomic E-state index is 0.218. The quantitative estimate of drug-likeness (QED) is 0.831. The van der Waals surface area contributed by atoms with Crippen LogP contribution in [0.2, 0.25) is 0 Å². The Kier molecular flexibility index (Phi) is 4.39. The summed E-state index contributed by atoms with van der Waals surface area (Å²) < 4.78 is 0. The van der Waals surface area contributed by atoms with Crippen molar-refractivity contribution in [2.75, 3.05) is 18.9 Å². The van der Waals surface area contributed by atoms with Crippen LogP contribution in [-0.2, 0) is 6.42 Å². The van der Waals surface area contributed by atoms with Gasteiger partial charge < -0.3 is 10.6 Å². The zero-order valence-electron chi connectivity index (χ0n) is 10.6. The number of carbonyl (C=O) groups is 1. The number of hydrogen-bond acceptors (Lipinski definition) is 5. The molecule has 19 heavy (non-hydrogen) atoms. The molecule has 0 aliphatic carbocycles. The van der Waals surface area contributed by atoms with Crippen molar-refractivity contribution in [1.82, 2.24) is 20.5 Å². The first-order valence-electron chi connectivity index (χ1n) is 5.98. The third-order valence-electron chi connectivity index (χ3n) is 2.60. The van der Waals surface area contributed by atoms with Crippen LogP contribution < -0.4 is 10.6 Å². The van der Waals surface area contributed by atoms with E-state index < -0.39 is 0 Å². The summed E-state index contributed by atoms with van der Waals surface area (Å²) in [5.41, 5.74) is 1.45. The van der Waals surface area contributed by atoms with Crippen molar-refractivity contribution in [3.8, 4) is 0 Å². The third-order valence-corrected chi connectivity index (χ3v) is 2.60. The molecule has 0 unspecified atom stereocenters. The summed E-state index contributed by atoms with van der Waals surface area (Å²) in [6.07, 6.45) is 4.23. The first-order valence-corrected chi connectivity index (χ1v) is 5.98. The van der Waals surface area contributed by atoms with E-state index in [1.165, 1.54) is 0 Å². The number of amides is 1. The van der Waals surface area contributed by atoms with Crippen LogP contribution in [0, 0.1) is 0 Å². The first-order chi connectivity index (χ1) is 9.29. The highest BCUT2D eigenvalue weighted by atomic mass is 16.1. The van der Waals surface area contributed by atoms with E-state index in [0.717, 1.165) is 12.0 Å². The topological polar surface area (TPSA) is 79.8 Å². The van der Waals surface area contributed by atoms with Crippen molar-refractivity contribution < 1.29 is 4.79 Å². The number of hydrogen-bond donors (Lipinski definition) is 2. The number of carbonyl (C=O) groups excluding carboxylic acids is 1. The van der Waals surface area contributed by atoms with Gasteiger partial charge in [-0.15, -0.1) is 10.2 Å². The second-order valence-electron chi connectivity index (χ2n) is 3.92. The van der Waals surface area contributed by atoms with Crippen molar-refractivity contribution >= 4 is 11.7 Å². The van der Waals surface area contributed by atoms with Crippen molar-refractivity contribution in [3.63, 3.8) is 0 Å². The van der Waals surface area contributed by atoms with Crippen LogP contribution in [0.5, 0.6) is 0 Å². The van der Waals surface area contributed by atoms with Gasteiger partial charge in [0.05, 0.1) is 0 Å². The second kappa shape index (κ2) is 6.44. The Morgan fingerprint density at radius 3 is 2.58 bits per heavy atom. The summed E-state index contributed by atoms with van der Waals surface area (Å²) in [7, 11) is 1.75. The monoisotopic (exact) mass is 257 g/mol. The molecule has 0 bridgehead atoms. The summed E-state index contributed by atoms with van der Waals surface area (Å²) in [5, 5.41) is 13.3. The number of nitrogens with one attached hydrogen (secondary N) is 2. The molecule has 0 aromatic carbocycles. The first kappa shape index (κ1) is 12.9. The maximum absolute atomic E-state index is 11.8. The van der Waals surface area contributed by atoms with E-state index in [-0.39, 0.29) is 5.91 Å². The second-order valence-corrected chi connectivity index (χ2v) is 3.92. The molecule has 0 aliphatic heterocycles. The van der Waals surface area contributed by atoms with Crippen molar-refractivity contribution in [2.45, 2.75) is 6.42 Å². The van der Waals surface area contributed by atoms with Gasteiger partial charge in [0, 0.05) is 26.0 Å². The lowest BCUT2D eigenvalue weighted by atomic mass is 10.2. The summed E-state index contributed by atoms with van der Waals surface area (Å²) in [6.45, 7) is 0.554. The van der Waals surface area contributed by atoms with E-state index >= 15 is 0 Å². The van der Waals surface area contributed by atoms with Gasteiger partial charge in [-0.3, -0.25) is 9.78 Å². The Balaban J connectivity index is 1.84. The standard InChI is InChI=1S/C13H15N5O/c1-14-12-3-2-11(17-18-12)13(19)16-9-6-10-4-7-15-8-5-10/h2-5,7-8H,6,9H2,1H3,(H,14,18)(H,16,19). The molecule has 0 radical (unpaired) electrons. The highest BCUT2D eigenvalue weighted by Gasteiger charge is 2.07. The molecular formula is C13H15N5O. The van der Waals surface area contributed by atoms with E-state index in [0.29, 0.717) is 18.1 Å². The maximum Gasteiger partial charge on any atom is 0.271 e. The van der Waals surface area contributed by atoms with Gasteiger partial charge >= 0.3 is 0 Å². The summed E-state index contributed by atoms with van der Waals surface area (Å²) in [6, 6.07) is 7.20. The van der Waals surface area contributed by atoms with Crippen LogP contribution >= 0.6 is 0 Å². The molecule has 0 spiro atoms. The van der Waals surface area contributed by atoms with E-state index in [1.807, 2.05) is 12.1 Å². The average Bonchev–Trinajstić information content (AvgIpc) is 2.48. The molecule has 2 aromatic rings. The minimum Gasteiger partial charge on any atom is -0.372 e. The smallest absolute Gasteiger partial charge is 0.271 e. The Morgan fingerprint density at radius 1 is 1.16 bits per heavy atom. The van der Waals surface area contributed by atoms with Gasteiger partial charge in [0.25, 0.3) is 5.91 Å². The molecule has 6 nitrogen and oxygen atoms in total. The highest BCUT2D eigenvalue weighted by Crippen LogP contribution is 2.01. The van der Waals surface area contributed by atoms with Crippen molar-refractivity contribution in [2.24, 2.45) is 0 Å². The fourth-order valence-electron chi connectivity index (χ4n) is 1.55. The molecule has 6 heteroatoms. The summed E-state index contributed by atoms with van der Waals surface area (Å²) in [5.74, 6) is 0.414. The Labute approximate surface area is 111 Å². The Morgan fingerprint density at radius 2 is 1.95 bits per heavy atom. The maximum atomic E-state index is 11.8. The van der Waals surface area contributed by atoms with Gasteiger partial charge in [-0.2, -0.15) is 0 Å². The Hall–Kier alpha value is -2.50. The minimum atomic E-state index is -0.218. The molecule has 2 heterocycles. The number of aromatic nitrogens is 3. The molecule has 0 aliphatic rings. The molecule has 2 rings (SSSR count). The van der Waals surface area contributed by atoms with Gasteiger partial charge in [0.1, 0.15) is 5.82 Å². The largest absolute Gasteiger partial charge is 0.372 e. The van der Waals surface area contributed by atoms with E-state index in [4.69, 9.17) is 0 Å².